The zero-order valence-corrected chi connectivity index (χ0v) is 9.44. The topological polar surface area (TPSA) is 75.4 Å². The number of benzene rings is 1. The Bertz CT molecular complexity index is 406. The van der Waals surface area contributed by atoms with Gasteiger partial charge in [0, 0.05) is 25.8 Å². The summed E-state index contributed by atoms with van der Waals surface area (Å²) in [5, 5.41) is 2.36. The molecule has 3 N–H and O–H groups in total. The Kier molecular flexibility index (Phi) is 4.59. The minimum absolute atomic E-state index is 0.238. The van der Waals surface area contributed by atoms with Crippen LogP contribution in [0.3, 0.4) is 0 Å². The quantitative estimate of drug-likeness (QED) is 0.721. The first-order valence-corrected chi connectivity index (χ1v) is 5.07. The number of hydrogen-bond donors (Lipinski definition) is 2. The van der Waals surface area contributed by atoms with Gasteiger partial charge in [0.25, 0.3) is 0 Å². The van der Waals surface area contributed by atoms with Crippen molar-refractivity contribution in [2.24, 2.45) is 5.73 Å². The van der Waals surface area contributed by atoms with Crippen LogP contribution in [0, 0.1) is 5.82 Å². The van der Waals surface area contributed by atoms with Gasteiger partial charge in [-0.05, 0) is 24.3 Å². The molecule has 2 amide bonds. The van der Waals surface area contributed by atoms with Crippen LogP contribution in [0.15, 0.2) is 24.3 Å². The summed E-state index contributed by atoms with van der Waals surface area (Å²) < 4.78 is 12.7. The van der Waals surface area contributed by atoms with Crippen LogP contribution in [0.2, 0.25) is 0 Å². The maximum Gasteiger partial charge on any atom is 0.316 e. The lowest BCUT2D eigenvalue weighted by Crippen LogP contribution is -2.42. The van der Waals surface area contributed by atoms with Gasteiger partial charge in [-0.1, -0.05) is 0 Å². The Morgan fingerprint density at radius 2 is 1.94 bits per heavy atom. The molecular formula is C11H14FN3O2. The number of halogens is 1. The lowest BCUT2D eigenvalue weighted by atomic mass is 10.3. The van der Waals surface area contributed by atoms with Crippen molar-refractivity contribution >= 4 is 17.5 Å². The van der Waals surface area contributed by atoms with Gasteiger partial charge in [-0.3, -0.25) is 9.59 Å². The van der Waals surface area contributed by atoms with Gasteiger partial charge in [0.2, 0.25) is 0 Å². The van der Waals surface area contributed by atoms with E-state index in [-0.39, 0.29) is 13.1 Å². The molecular weight excluding hydrogens is 225 g/mol. The molecule has 0 saturated heterocycles. The van der Waals surface area contributed by atoms with Gasteiger partial charge < -0.3 is 16.0 Å². The van der Waals surface area contributed by atoms with Crippen molar-refractivity contribution in [1.82, 2.24) is 5.32 Å². The maximum absolute atomic E-state index is 12.7. The van der Waals surface area contributed by atoms with E-state index in [2.05, 4.69) is 5.32 Å². The minimum Gasteiger partial charge on any atom is -0.347 e. The Hall–Kier alpha value is -1.95. The molecule has 0 radical (unpaired) electrons. The molecule has 17 heavy (non-hydrogen) atoms. The van der Waals surface area contributed by atoms with E-state index in [1.807, 2.05) is 0 Å². The molecule has 5 nitrogen and oxygen atoms in total. The summed E-state index contributed by atoms with van der Waals surface area (Å²) in [7, 11) is 1.44. The van der Waals surface area contributed by atoms with Crippen LogP contribution in [-0.4, -0.2) is 32.0 Å². The van der Waals surface area contributed by atoms with E-state index < -0.39 is 17.6 Å². The fourth-order valence-electron chi connectivity index (χ4n) is 1.20. The highest BCUT2D eigenvalue weighted by Gasteiger charge is 2.19. The summed E-state index contributed by atoms with van der Waals surface area (Å²) in [5.74, 6) is -1.85. The van der Waals surface area contributed by atoms with Crippen molar-refractivity contribution in [2.75, 3.05) is 25.0 Å². The molecule has 1 aromatic rings. The molecule has 6 heteroatoms. The number of nitrogens with zero attached hydrogens (tertiary/aromatic N) is 1. The molecule has 0 heterocycles. The summed E-state index contributed by atoms with van der Waals surface area (Å²) in [6, 6.07) is 5.28. The third-order valence-corrected chi connectivity index (χ3v) is 2.14. The second-order valence-electron chi connectivity index (χ2n) is 3.39. The second kappa shape index (κ2) is 5.95. The number of carbonyl (C=O) groups excluding carboxylic acids is 2. The van der Waals surface area contributed by atoms with E-state index in [0.29, 0.717) is 5.69 Å². The van der Waals surface area contributed by atoms with Gasteiger partial charge >= 0.3 is 11.8 Å². The molecule has 92 valence electrons. The molecule has 1 aromatic carbocycles. The van der Waals surface area contributed by atoms with E-state index in [9.17, 15) is 14.0 Å². The maximum atomic E-state index is 12.7. The van der Waals surface area contributed by atoms with Crippen molar-refractivity contribution in [3.05, 3.63) is 30.1 Å². The number of nitrogens with one attached hydrogen (secondary N) is 1. The van der Waals surface area contributed by atoms with Crippen LogP contribution in [-0.2, 0) is 9.59 Å². The minimum atomic E-state index is -0.734. The van der Waals surface area contributed by atoms with Crippen LogP contribution in [0.4, 0.5) is 10.1 Å². The monoisotopic (exact) mass is 239 g/mol. The van der Waals surface area contributed by atoms with Crippen molar-refractivity contribution in [2.45, 2.75) is 0 Å². The summed E-state index contributed by atoms with van der Waals surface area (Å²) in [4.78, 5) is 24.1. The SMILES string of the molecule is CN(C(=O)C(=O)NCCN)c1ccc(F)cc1. The number of rotatable bonds is 3. The molecule has 0 fully saturated rings. The van der Waals surface area contributed by atoms with Crippen molar-refractivity contribution in [1.29, 1.82) is 0 Å². The summed E-state index contributed by atoms with van der Waals surface area (Å²) in [6.07, 6.45) is 0. The van der Waals surface area contributed by atoms with Crippen molar-refractivity contribution < 1.29 is 14.0 Å². The number of amides is 2. The van der Waals surface area contributed by atoms with Crippen molar-refractivity contribution in [3.63, 3.8) is 0 Å². The van der Waals surface area contributed by atoms with E-state index in [0.717, 1.165) is 4.90 Å². The van der Waals surface area contributed by atoms with Crippen LogP contribution in [0.1, 0.15) is 0 Å². The average molecular weight is 239 g/mol. The summed E-state index contributed by atoms with van der Waals surface area (Å²) >= 11 is 0. The summed E-state index contributed by atoms with van der Waals surface area (Å²) in [5.41, 5.74) is 5.64. The molecule has 0 aromatic heterocycles. The standard InChI is InChI=1S/C11H14FN3O2/c1-15(9-4-2-8(12)3-5-9)11(17)10(16)14-7-6-13/h2-5H,6-7,13H2,1H3,(H,14,16). The fourth-order valence-corrected chi connectivity index (χ4v) is 1.20. The fraction of sp³-hybridized carbons (Fsp3) is 0.273. The smallest absolute Gasteiger partial charge is 0.316 e. The Balaban J connectivity index is 2.69. The normalized spacial score (nSPS) is 9.82. The highest BCUT2D eigenvalue weighted by Crippen LogP contribution is 2.12. The second-order valence-corrected chi connectivity index (χ2v) is 3.39. The molecule has 0 aliphatic rings. The third-order valence-electron chi connectivity index (χ3n) is 2.14. The number of nitrogens with two attached hydrogens (primary N) is 1. The van der Waals surface area contributed by atoms with Gasteiger partial charge in [-0.25, -0.2) is 4.39 Å². The molecule has 0 atom stereocenters. The third kappa shape index (κ3) is 3.53. The first kappa shape index (κ1) is 13.1. The first-order valence-electron chi connectivity index (χ1n) is 5.07. The van der Waals surface area contributed by atoms with Crippen LogP contribution >= 0.6 is 0 Å². The lowest BCUT2D eigenvalue weighted by molar-refractivity contribution is -0.137. The molecule has 0 saturated carbocycles. The van der Waals surface area contributed by atoms with E-state index >= 15 is 0 Å². The largest absolute Gasteiger partial charge is 0.347 e. The molecule has 0 aliphatic carbocycles. The van der Waals surface area contributed by atoms with Crippen molar-refractivity contribution in [3.8, 4) is 0 Å². The summed E-state index contributed by atoms with van der Waals surface area (Å²) in [6.45, 7) is 0.501. The van der Waals surface area contributed by atoms with Gasteiger partial charge in [-0.15, -0.1) is 0 Å². The number of hydrogen-bond acceptors (Lipinski definition) is 3. The average Bonchev–Trinajstić information content (AvgIpc) is 2.35. The van der Waals surface area contributed by atoms with Gasteiger partial charge in [0.1, 0.15) is 5.82 Å². The highest BCUT2D eigenvalue weighted by atomic mass is 19.1. The zero-order valence-electron chi connectivity index (χ0n) is 9.44. The van der Waals surface area contributed by atoms with E-state index in [4.69, 9.17) is 5.73 Å². The Morgan fingerprint density at radius 3 is 2.47 bits per heavy atom. The van der Waals surface area contributed by atoms with E-state index in [1.165, 1.54) is 31.3 Å². The Labute approximate surface area is 98.4 Å². The van der Waals surface area contributed by atoms with E-state index in [1.54, 1.807) is 0 Å². The van der Waals surface area contributed by atoms with Gasteiger partial charge in [0.15, 0.2) is 0 Å². The van der Waals surface area contributed by atoms with Gasteiger partial charge in [-0.2, -0.15) is 0 Å². The van der Waals surface area contributed by atoms with Crippen LogP contribution in [0.25, 0.3) is 0 Å². The highest BCUT2D eigenvalue weighted by molar-refractivity contribution is 6.40. The van der Waals surface area contributed by atoms with Crippen LogP contribution in [0.5, 0.6) is 0 Å². The molecule has 0 bridgehead atoms. The number of carbonyl (C=O) groups is 2. The number of anilines is 1. The molecule has 0 unspecified atom stereocenters. The molecule has 0 spiro atoms. The zero-order chi connectivity index (χ0) is 12.8. The predicted molar refractivity (Wildman–Crippen MR) is 61.9 cm³/mol. The van der Waals surface area contributed by atoms with Gasteiger partial charge in [0.05, 0.1) is 0 Å². The first-order chi connectivity index (χ1) is 8.06. The predicted octanol–water partition coefficient (Wildman–Crippen LogP) is -0.137. The van der Waals surface area contributed by atoms with Crippen LogP contribution < -0.4 is 16.0 Å². The molecule has 0 aliphatic heterocycles. The lowest BCUT2D eigenvalue weighted by Gasteiger charge is -2.16. The number of likely N-dealkylation sites (N-methyl/N-ethyl adjacent to an activating group) is 1. The Morgan fingerprint density at radius 1 is 1.35 bits per heavy atom. The molecule has 1 rings (SSSR count).